The van der Waals surface area contributed by atoms with Gasteiger partial charge in [-0.05, 0) is 93.4 Å². The number of hydrogen-bond donors (Lipinski definition) is 0. The minimum atomic E-state index is 0.676. The van der Waals surface area contributed by atoms with Crippen LogP contribution in [0, 0.1) is 0 Å². The van der Waals surface area contributed by atoms with Gasteiger partial charge in [0.25, 0.3) is 0 Å². The molecule has 0 saturated carbocycles. The molecule has 388 valence electrons. The Hall–Kier alpha value is -4.95. The van der Waals surface area contributed by atoms with E-state index >= 15 is 0 Å². The monoisotopic (exact) mass is 976 g/mol. The first-order chi connectivity index (χ1) is 36.2. The molecule has 0 unspecified atom stereocenters. The van der Waals surface area contributed by atoms with Gasteiger partial charge < -0.3 is 4.42 Å². The van der Waals surface area contributed by atoms with Crippen molar-refractivity contribution in [3.8, 4) is 33.7 Å². The quantitative estimate of drug-likeness (QED) is 0.0287. The van der Waals surface area contributed by atoms with Gasteiger partial charge in [0.1, 0.15) is 5.52 Å². The Morgan fingerprint density at radius 3 is 1.05 bits per heavy atom. The number of fused-ring (bicyclic) bond motifs is 3. The van der Waals surface area contributed by atoms with Crippen LogP contribution in [0.4, 0.5) is 0 Å². The van der Waals surface area contributed by atoms with Crippen LogP contribution in [0.25, 0.3) is 77.1 Å². The third-order valence-electron chi connectivity index (χ3n) is 16.4. The van der Waals surface area contributed by atoms with Gasteiger partial charge in [0, 0.05) is 21.7 Å². The van der Waals surface area contributed by atoms with Crippen LogP contribution in [0.2, 0.25) is 0 Å². The van der Waals surface area contributed by atoms with Crippen LogP contribution in [0.5, 0.6) is 0 Å². The van der Waals surface area contributed by atoms with Crippen molar-refractivity contribution in [3.05, 3.63) is 126 Å². The molecule has 0 bridgehead atoms. The van der Waals surface area contributed by atoms with Gasteiger partial charge in [-0.2, -0.15) is 0 Å². The predicted octanol–water partition coefficient (Wildman–Crippen LogP) is 23.3. The van der Waals surface area contributed by atoms with Crippen molar-refractivity contribution in [2.75, 3.05) is 0 Å². The number of aryl methyl sites for hydroxylation is 2. The molecule has 2 heteroatoms. The standard InChI is InChI=1S/C71H93NO/c1-3-5-7-9-11-13-15-17-19-21-23-25-27-29-31-33-37-56-43-47-58(48-44-56)62-53-63(59-49-45-57(46-50-59)38-34-32-30-28-26-24-22-20-18-16-14-12-10-8-6-4-2)55-64(54-62)71-72-69-65-41-35-39-60-51-52-61-40-36-42-66(70(69)73-71)68(61)67(60)65/h35-36,39-55H,3-34,37-38H2,1-2H3. The number of unbranched alkanes of at least 4 members (excludes halogenated alkanes) is 30. The van der Waals surface area contributed by atoms with Crippen molar-refractivity contribution in [1.29, 1.82) is 0 Å². The summed E-state index contributed by atoms with van der Waals surface area (Å²) in [6.07, 6.45) is 47.3. The lowest BCUT2D eigenvalue weighted by Gasteiger charge is -2.11. The van der Waals surface area contributed by atoms with Crippen molar-refractivity contribution in [2.24, 2.45) is 0 Å². The molecule has 8 aromatic rings. The van der Waals surface area contributed by atoms with E-state index in [1.807, 2.05) is 0 Å². The average Bonchev–Trinajstić information content (AvgIpc) is 3.89. The molecule has 0 spiro atoms. The third kappa shape index (κ3) is 16.3. The number of nitrogens with zero attached hydrogens (tertiary/aromatic N) is 1. The van der Waals surface area contributed by atoms with Crippen LogP contribution in [0.1, 0.15) is 230 Å². The van der Waals surface area contributed by atoms with Crippen LogP contribution in [0.3, 0.4) is 0 Å². The molecule has 0 aliphatic carbocycles. The van der Waals surface area contributed by atoms with Crippen LogP contribution >= 0.6 is 0 Å². The van der Waals surface area contributed by atoms with Crippen molar-refractivity contribution in [1.82, 2.24) is 4.98 Å². The van der Waals surface area contributed by atoms with Gasteiger partial charge in [-0.25, -0.2) is 4.98 Å². The topological polar surface area (TPSA) is 26.0 Å². The van der Waals surface area contributed by atoms with Crippen LogP contribution in [-0.4, -0.2) is 4.98 Å². The Labute approximate surface area is 442 Å². The predicted molar refractivity (Wildman–Crippen MR) is 321 cm³/mol. The summed E-state index contributed by atoms with van der Waals surface area (Å²) >= 11 is 0. The molecule has 1 aromatic heterocycles. The van der Waals surface area contributed by atoms with E-state index in [1.54, 1.807) is 0 Å². The maximum Gasteiger partial charge on any atom is 0.227 e. The summed E-state index contributed by atoms with van der Waals surface area (Å²) in [6.45, 7) is 4.61. The summed E-state index contributed by atoms with van der Waals surface area (Å²) in [5.41, 5.74) is 10.6. The molecule has 1 heterocycles. The van der Waals surface area contributed by atoms with Gasteiger partial charge in [-0.15, -0.1) is 0 Å². The zero-order valence-corrected chi connectivity index (χ0v) is 45.9. The first kappa shape index (κ1) is 54.3. The first-order valence-electron chi connectivity index (χ1n) is 30.5. The van der Waals surface area contributed by atoms with E-state index in [4.69, 9.17) is 9.40 Å². The molecule has 0 aliphatic rings. The second-order valence-electron chi connectivity index (χ2n) is 22.4. The Morgan fingerprint density at radius 1 is 0.315 bits per heavy atom. The van der Waals surface area contributed by atoms with E-state index in [1.165, 1.54) is 260 Å². The highest BCUT2D eigenvalue weighted by atomic mass is 16.3. The zero-order valence-electron chi connectivity index (χ0n) is 45.9. The maximum absolute atomic E-state index is 6.92. The summed E-state index contributed by atoms with van der Waals surface area (Å²) in [5, 5.41) is 7.31. The molecule has 0 fully saturated rings. The van der Waals surface area contributed by atoms with E-state index in [0.717, 1.165) is 40.3 Å². The Kier molecular flexibility index (Phi) is 22.6. The Morgan fingerprint density at radius 2 is 0.658 bits per heavy atom. The van der Waals surface area contributed by atoms with Gasteiger partial charge in [0.15, 0.2) is 5.58 Å². The second-order valence-corrected chi connectivity index (χ2v) is 22.4. The van der Waals surface area contributed by atoms with E-state index < -0.39 is 0 Å². The molecule has 7 aromatic carbocycles. The fourth-order valence-electron chi connectivity index (χ4n) is 11.9. The Balaban J connectivity index is 0.862. The molecule has 0 N–H and O–H groups in total. The molecule has 0 amide bonds. The second kappa shape index (κ2) is 30.4. The van der Waals surface area contributed by atoms with Gasteiger partial charge in [-0.1, -0.05) is 304 Å². The highest BCUT2D eigenvalue weighted by Gasteiger charge is 2.20. The van der Waals surface area contributed by atoms with E-state index in [2.05, 4.69) is 129 Å². The average molecular weight is 977 g/mol. The fourth-order valence-corrected chi connectivity index (χ4v) is 11.9. The molecule has 0 aliphatic heterocycles. The molecule has 73 heavy (non-hydrogen) atoms. The number of benzene rings is 7. The lowest BCUT2D eigenvalue weighted by molar-refractivity contribution is 0.529. The molecule has 0 radical (unpaired) electrons. The van der Waals surface area contributed by atoms with Crippen molar-refractivity contribution in [3.63, 3.8) is 0 Å². The Bertz CT molecular complexity index is 2590. The SMILES string of the molecule is CCCCCCCCCCCCCCCCCCc1ccc(-c2cc(-c3ccc(CCCCCCCCCCCCCCCCCC)cc3)cc(-c3nc4c5cccc6ccc7cccc(c4o3)c7c65)c2)cc1. The third-order valence-corrected chi connectivity index (χ3v) is 16.4. The van der Waals surface area contributed by atoms with E-state index in [0.29, 0.717) is 5.89 Å². The van der Waals surface area contributed by atoms with Crippen LogP contribution < -0.4 is 0 Å². The summed E-state index contributed by atoms with van der Waals surface area (Å²) in [4.78, 5) is 5.35. The van der Waals surface area contributed by atoms with Gasteiger partial charge >= 0.3 is 0 Å². The van der Waals surface area contributed by atoms with Crippen LogP contribution in [0.15, 0.2) is 120 Å². The summed E-state index contributed by atoms with van der Waals surface area (Å²) < 4.78 is 6.92. The number of rotatable bonds is 37. The smallest absolute Gasteiger partial charge is 0.227 e. The summed E-state index contributed by atoms with van der Waals surface area (Å²) in [7, 11) is 0. The largest absolute Gasteiger partial charge is 0.435 e. The fraction of sp³-hybridized carbons (Fsp3) is 0.507. The minimum absolute atomic E-state index is 0.676. The lowest BCUT2D eigenvalue weighted by Crippen LogP contribution is -1.90. The summed E-state index contributed by atoms with van der Waals surface area (Å²) in [6, 6.07) is 43.4. The maximum atomic E-state index is 6.92. The molecule has 0 atom stereocenters. The molecular formula is C71H93NO. The minimum Gasteiger partial charge on any atom is -0.435 e. The normalized spacial score (nSPS) is 11.9. The van der Waals surface area contributed by atoms with Crippen molar-refractivity contribution in [2.45, 2.75) is 232 Å². The number of oxazole rings is 1. The molecule has 8 rings (SSSR count). The summed E-state index contributed by atoms with van der Waals surface area (Å²) in [5.74, 6) is 0.676. The van der Waals surface area contributed by atoms with Crippen molar-refractivity contribution < 1.29 is 4.42 Å². The van der Waals surface area contributed by atoms with Gasteiger partial charge in [-0.3, -0.25) is 0 Å². The first-order valence-corrected chi connectivity index (χ1v) is 30.5. The molecule has 0 saturated heterocycles. The lowest BCUT2D eigenvalue weighted by atomic mass is 9.93. The zero-order chi connectivity index (χ0) is 50.1. The van der Waals surface area contributed by atoms with Gasteiger partial charge in [0.2, 0.25) is 5.89 Å². The number of hydrogen-bond acceptors (Lipinski definition) is 2. The van der Waals surface area contributed by atoms with Crippen LogP contribution in [-0.2, 0) is 12.8 Å². The van der Waals surface area contributed by atoms with E-state index in [-0.39, 0.29) is 0 Å². The molecule has 2 nitrogen and oxygen atoms in total. The van der Waals surface area contributed by atoms with E-state index in [9.17, 15) is 0 Å². The highest BCUT2D eigenvalue weighted by molar-refractivity contribution is 6.32. The van der Waals surface area contributed by atoms with Crippen molar-refractivity contribution >= 4 is 43.4 Å². The highest BCUT2D eigenvalue weighted by Crippen LogP contribution is 2.43. The number of aromatic nitrogens is 1. The van der Waals surface area contributed by atoms with Gasteiger partial charge in [0.05, 0.1) is 0 Å². The molecular weight excluding hydrogens is 883 g/mol.